The molecule has 21 heavy (non-hydrogen) atoms. The maximum atomic E-state index is 6.09. The van der Waals surface area contributed by atoms with Crippen molar-refractivity contribution in [2.45, 2.75) is 18.9 Å². The fourth-order valence-corrected chi connectivity index (χ4v) is 2.76. The molecule has 3 nitrogen and oxygen atoms in total. The Bertz CT molecular complexity index is 597. The van der Waals surface area contributed by atoms with Gasteiger partial charge in [0.2, 0.25) is 0 Å². The maximum Gasteiger partial charge on any atom is 0.123 e. The average molecular weight is 283 g/mol. The molecular formula is C18H21NO2. The molecule has 1 unspecified atom stereocenters. The molecule has 0 bridgehead atoms. The predicted molar refractivity (Wildman–Crippen MR) is 84.0 cm³/mol. The first kappa shape index (κ1) is 14.0. The van der Waals surface area contributed by atoms with Crippen molar-refractivity contribution in [2.75, 3.05) is 20.3 Å². The first-order valence-corrected chi connectivity index (χ1v) is 7.45. The zero-order chi connectivity index (χ0) is 14.5. The van der Waals surface area contributed by atoms with E-state index in [1.807, 2.05) is 37.4 Å². The number of hydrogen-bond donors (Lipinski definition) is 1. The third kappa shape index (κ3) is 3.19. The third-order valence-electron chi connectivity index (χ3n) is 3.86. The van der Waals surface area contributed by atoms with Crippen LogP contribution in [0.4, 0.5) is 0 Å². The topological polar surface area (TPSA) is 30.5 Å². The molecule has 1 aliphatic heterocycles. The lowest BCUT2D eigenvalue weighted by molar-refractivity contribution is 0.216. The maximum absolute atomic E-state index is 6.09. The van der Waals surface area contributed by atoms with Crippen molar-refractivity contribution in [1.82, 2.24) is 5.32 Å². The number of ether oxygens (including phenoxy) is 2. The molecule has 0 aliphatic carbocycles. The second kappa shape index (κ2) is 6.64. The summed E-state index contributed by atoms with van der Waals surface area (Å²) in [5.41, 5.74) is 2.45. The van der Waals surface area contributed by atoms with Crippen LogP contribution in [0.25, 0.3) is 0 Å². The smallest absolute Gasteiger partial charge is 0.123 e. The Labute approximate surface area is 125 Å². The summed E-state index contributed by atoms with van der Waals surface area (Å²) in [6.07, 6.45) is 1.01. The van der Waals surface area contributed by atoms with Gasteiger partial charge in [-0.25, -0.2) is 0 Å². The monoisotopic (exact) mass is 283 g/mol. The van der Waals surface area contributed by atoms with Crippen LogP contribution in [0.2, 0.25) is 0 Å². The quantitative estimate of drug-likeness (QED) is 0.913. The van der Waals surface area contributed by atoms with Crippen LogP contribution in [-0.4, -0.2) is 20.3 Å². The predicted octanol–water partition coefficient (Wildman–Crippen LogP) is 3.35. The largest absolute Gasteiger partial charge is 0.493 e. The van der Waals surface area contributed by atoms with E-state index in [9.17, 15) is 0 Å². The van der Waals surface area contributed by atoms with Gasteiger partial charge in [-0.05, 0) is 25.6 Å². The lowest BCUT2D eigenvalue weighted by Gasteiger charge is -2.26. The van der Waals surface area contributed by atoms with Crippen LogP contribution in [0, 0.1) is 0 Å². The summed E-state index contributed by atoms with van der Waals surface area (Å²) in [6, 6.07) is 16.5. The molecule has 0 saturated carbocycles. The van der Waals surface area contributed by atoms with Gasteiger partial charge in [-0.1, -0.05) is 36.4 Å². The molecule has 3 heteroatoms. The van der Waals surface area contributed by atoms with E-state index in [4.69, 9.17) is 9.47 Å². The zero-order valence-electron chi connectivity index (χ0n) is 12.3. The molecule has 0 spiro atoms. The first-order valence-electron chi connectivity index (χ1n) is 7.45. The number of hydrogen-bond acceptors (Lipinski definition) is 3. The molecule has 0 radical (unpaired) electrons. The minimum absolute atomic E-state index is 0.401. The van der Waals surface area contributed by atoms with Crippen LogP contribution in [0.3, 0.4) is 0 Å². The molecule has 1 aliphatic rings. The van der Waals surface area contributed by atoms with E-state index in [0.29, 0.717) is 12.5 Å². The van der Waals surface area contributed by atoms with Gasteiger partial charge in [0, 0.05) is 23.6 Å². The van der Waals surface area contributed by atoms with E-state index in [2.05, 4.69) is 23.5 Å². The summed E-state index contributed by atoms with van der Waals surface area (Å²) < 4.78 is 11.8. The molecule has 2 aromatic carbocycles. The summed E-state index contributed by atoms with van der Waals surface area (Å²) in [5, 5.41) is 3.18. The van der Waals surface area contributed by atoms with Gasteiger partial charge in [0.05, 0.1) is 13.2 Å². The van der Waals surface area contributed by atoms with Crippen LogP contribution in [0.1, 0.15) is 23.5 Å². The fourth-order valence-electron chi connectivity index (χ4n) is 2.76. The molecule has 0 aromatic heterocycles. The summed E-state index contributed by atoms with van der Waals surface area (Å²) in [5.74, 6) is 2.37. The highest BCUT2D eigenvalue weighted by Gasteiger charge is 2.21. The average Bonchev–Trinajstić information content (AvgIpc) is 2.54. The van der Waals surface area contributed by atoms with Crippen molar-refractivity contribution in [1.29, 1.82) is 0 Å². The lowest BCUT2D eigenvalue weighted by Crippen LogP contribution is -2.20. The van der Waals surface area contributed by atoms with E-state index in [0.717, 1.165) is 31.1 Å². The first-order chi connectivity index (χ1) is 10.4. The molecule has 2 aromatic rings. The Balaban J connectivity index is 1.72. The van der Waals surface area contributed by atoms with E-state index >= 15 is 0 Å². The van der Waals surface area contributed by atoms with Gasteiger partial charge < -0.3 is 14.8 Å². The number of fused-ring (bicyclic) bond motifs is 1. The molecule has 1 N–H and O–H groups in total. The van der Waals surface area contributed by atoms with Crippen LogP contribution in [0.5, 0.6) is 11.5 Å². The Morgan fingerprint density at radius 1 is 1.14 bits per heavy atom. The molecule has 1 heterocycles. The van der Waals surface area contributed by atoms with E-state index in [-0.39, 0.29) is 0 Å². The normalized spacial score (nSPS) is 16.9. The van der Waals surface area contributed by atoms with Crippen molar-refractivity contribution in [3.63, 3.8) is 0 Å². The summed E-state index contributed by atoms with van der Waals surface area (Å²) in [7, 11) is 1.95. The van der Waals surface area contributed by atoms with Gasteiger partial charge in [-0.3, -0.25) is 0 Å². The Morgan fingerprint density at radius 3 is 2.86 bits per heavy atom. The highest BCUT2D eigenvalue weighted by Crippen LogP contribution is 2.34. The van der Waals surface area contributed by atoms with Crippen LogP contribution < -0.4 is 14.8 Å². The highest BCUT2D eigenvalue weighted by atomic mass is 16.5. The van der Waals surface area contributed by atoms with E-state index in [1.165, 1.54) is 11.1 Å². The zero-order valence-corrected chi connectivity index (χ0v) is 12.3. The van der Waals surface area contributed by atoms with Crippen LogP contribution in [-0.2, 0) is 6.54 Å². The lowest BCUT2D eigenvalue weighted by atomic mass is 9.94. The van der Waals surface area contributed by atoms with Gasteiger partial charge in [0.1, 0.15) is 11.5 Å². The van der Waals surface area contributed by atoms with Crippen LogP contribution >= 0.6 is 0 Å². The van der Waals surface area contributed by atoms with Gasteiger partial charge in [0.15, 0.2) is 0 Å². The molecular weight excluding hydrogens is 262 g/mol. The Morgan fingerprint density at radius 2 is 1.95 bits per heavy atom. The van der Waals surface area contributed by atoms with Crippen molar-refractivity contribution < 1.29 is 9.47 Å². The van der Waals surface area contributed by atoms with Crippen molar-refractivity contribution in [3.8, 4) is 11.5 Å². The SMILES string of the molecule is CNCc1ccccc1OCC1CCOc2ccccc21. The van der Waals surface area contributed by atoms with Gasteiger partial charge >= 0.3 is 0 Å². The molecule has 110 valence electrons. The summed E-state index contributed by atoms with van der Waals surface area (Å²) in [6.45, 7) is 2.28. The third-order valence-corrected chi connectivity index (χ3v) is 3.86. The van der Waals surface area contributed by atoms with E-state index in [1.54, 1.807) is 0 Å². The molecule has 0 amide bonds. The van der Waals surface area contributed by atoms with Crippen molar-refractivity contribution in [2.24, 2.45) is 0 Å². The molecule has 3 rings (SSSR count). The number of benzene rings is 2. The number of rotatable bonds is 5. The standard InChI is InChI=1S/C18H21NO2/c1-19-12-14-6-2-4-8-17(14)21-13-15-10-11-20-18-9-5-3-7-16(15)18/h2-9,15,19H,10-13H2,1H3. The Kier molecular flexibility index (Phi) is 4.41. The minimum atomic E-state index is 0.401. The summed E-state index contributed by atoms with van der Waals surface area (Å²) in [4.78, 5) is 0. The molecule has 0 saturated heterocycles. The van der Waals surface area contributed by atoms with E-state index < -0.39 is 0 Å². The van der Waals surface area contributed by atoms with Gasteiger partial charge in [-0.15, -0.1) is 0 Å². The summed E-state index contributed by atoms with van der Waals surface area (Å²) >= 11 is 0. The van der Waals surface area contributed by atoms with Crippen LogP contribution in [0.15, 0.2) is 48.5 Å². The van der Waals surface area contributed by atoms with Gasteiger partial charge in [-0.2, -0.15) is 0 Å². The molecule has 1 atom stereocenters. The number of nitrogens with one attached hydrogen (secondary N) is 1. The Hall–Kier alpha value is -2.00. The highest BCUT2D eigenvalue weighted by molar-refractivity contribution is 5.38. The van der Waals surface area contributed by atoms with Gasteiger partial charge in [0.25, 0.3) is 0 Å². The minimum Gasteiger partial charge on any atom is -0.493 e. The second-order valence-electron chi connectivity index (χ2n) is 5.32. The molecule has 0 fully saturated rings. The number of para-hydroxylation sites is 2. The van der Waals surface area contributed by atoms with Crippen molar-refractivity contribution in [3.05, 3.63) is 59.7 Å². The van der Waals surface area contributed by atoms with Crippen molar-refractivity contribution >= 4 is 0 Å². The second-order valence-corrected chi connectivity index (χ2v) is 5.32. The fraction of sp³-hybridized carbons (Fsp3) is 0.333.